The van der Waals surface area contributed by atoms with Gasteiger partial charge in [0, 0.05) is 56.4 Å². The van der Waals surface area contributed by atoms with Crippen LogP contribution in [-0.4, -0.2) is 43.0 Å². The topological polar surface area (TPSA) is 18.5 Å². The minimum atomic E-state index is -0.517. The molecule has 0 amide bonds. The first kappa shape index (κ1) is 21.4. The normalized spacial score (nSPS) is 20.0. The number of benzene rings is 2. The molecular weight excluding hydrogens is 380 g/mol. The summed E-state index contributed by atoms with van der Waals surface area (Å²) in [4.78, 5) is 4.89. The van der Waals surface area contributed by atoms with Crippen molar-refractivity contribution >= 4 is 0 Å². The summed E-state index contributed by atoms with van der Waals surface area (Å²) in [5.74, 6) is -0.958. The minimum absolute atomic E-state index is 0.402. The largest absolute Gasteiger partial charge is 0.304 e. The molecular formula is C25H33F2N3. The van der Waals surface area contributed by atoms with E-state index in [0.29, 0.717) is 12.1 Å². The summed E-state index contributed by atoms with van der Waals surface area (Å²) in [7, 11) is 2.18. The minimum Gasteiger partial charge on any atom is -0.304 e. The van der Waals surface area contributed by atoms with E-state index < -0.39 is 17.2 Å². The molecule has 1 saturated carbocycles. The van der Waals surface area contributed by atoms with Gasteiger partial charge < -0.3 is 10.2 Å². The number of aryl methyl sites for hydroxylation is 1. The van der Waals surface area contributed by atoms with E-state index in [1.807, 2.05) is 0 Å². The lowest BCUT2D eigenvalue weighted by Gasteiger charge is -2.33. The first-order valence-electron chi connectivity index (χ1n) is 11.2. The molecule has 2 aliphatic rings. The third kappa shape index (κ3) is 4.74. The van der Waals surface area contributed by atoms with Crippen molar-refractivity contribution in [3.63, 3.8) is 0 Å². The highest BCUT2D eigenvalue weighted by atomic mass is 19.1. The maximum absolute atomic E-state index is 14.6. The quantitative estimate of drug-likeness (QED) is 0.748. The van der Waals surface area contributed by atoms with Crippen LogP contribution in [0.3, 0.4) is 0 Å². The third-order valence-electron chi connectivity index (χ3n) is 6.94. The van der Waals surface area contributed by atoms with Gasteiger partial charge in [-0.15, -0.1) is 0 Å². The molecule has 1 N–H and O–H groups in total. The lowest BCUT2D eigenvalue weighted by Crippen LogP contribution is -2.44. The number of likely N-dealkylation sites (N-methyl/N-ethyl adjacent to an activating group) is 1. The van der Waals surface area contributed by atoms with Gasteiger partial charge in [-0.2, -0.15) is 0 Å². The molecule has 162 valence electrons. The van der Waals surface area contributed by atoms with Crippen molar-refractivity contribution in [1.82, 2.24) is 15.1 Å². The van der Waals surface area contributed by atoms with E-state index in [1.54, 1.807) is 6.07 Å². The number of nitrogens with zero attached hydrogens (tertiary/aromatic N) is 2. The van der Waals surface area contributed by atoms with Crippen molar-refractivity contribution in [3.05, 3.63) is 70.3 Å². The second-order valence-corrected chi connectivity index (χ2v) is 9.11. The van der Waals surface area contributed by atoms with Crippen molar-refractivity contribution in [3.8, 4) is 0 Å². The smallest absolute Gasteiger partial charge is 0.131 e. The van der Waals surface area contributed by atoms with E-state index in [1.165, 1.54) is 22.8 Å². The Morgan fingerprint density at radius 1 is 0.967 bits per heavy atom. The first-order chi connectivity index (χ1) is 14.4. The Bertz CT molecular complexity index is 869. The number of hydrogen-bond acceptors (Lipinski definition) is 3. The van der Waals surface area contributed by atoms with E-state index in [4.69, 9.17) is 0 Å². The Labute approximate surface area is 179 Å². The van der Waals surface area contributed by atoms with Gasteiger partial charge in [0.2, 0.25) is 0 Å². The number of hydrogen-bond donors (Lipinski definition) is 1. The average molecular weight is 414 g/mol. The first-order valence-corrected chi connectivity index (χ1v) is 11.2. The zero-order chi connectivity index (χ0) is 21.1. The SMILES string of the molecule is Cc1ccc(CNC2(c3ccc(F)cc3F)CCCC2)cc1CN1CCN(C)CC1. The van der Waals surface area contributed by atoms with Gasteiger partial charge >= 0.3 is 0 Å². The highest BCUT2D eigenvalue weighted by molar-refractivity contribution is 5.32. The fourth-order valence-corrected chi connectivity index (χ4v) is 4.92. The van der Waals surface area contributed by atoms with E-state index in [0.717, 1.165) is 64.5 Å². The summed E-state index contributed by atoms with van der Waals surface area (Å²) in [5, 5.41) is 3.66. The molecule has 0 bridgehead atoms. The van der Waals surface area contributed by atoms with Crippen molar-refractivity contribution in [2.75, 3.05) is 33.2 Å². The molecule has 1 aliphatic heterocycles. The summed E-state index contributed by atoms with van der Waals surface area (Å²) in [5.41, 5.74) is 4.11. The number of halogens is 2. The molecule has 0 unspecified atom stereocenters. The van der Waals surface area contributed by atoms with Crippen LogP contribution in [0.25, 0.3) is 0 Å². The van der Waals surface area contributed by atoms with Crippen molar-refractivity contribution in [2.45, 2.75) is 51.2 Å². The molecule has 4 rings (SSSR count). The molecule has 3 nitrogen and oxygen atoms in total. The molecule has 0 aromatic heterocycles. The fourth-order valence-electron chi connectivity index (χ4n) is 4.92. The fraction of sp³-hybridized carbons (Fsp3) is 0.520. The second kappa shape index (κ2) is 9.13. The molecule has 1 aliphatic carbocycles. The van der Waals surface area contributed by atoms with Gasteiger partial charge in [0.15, 0.2) is 0 Å². The summed E-state index contributed by atoms with van der Waals surface area (Å²) < 4.78 is 28.0. The Morgan fingerprint density at radius 3 is 2.40 bits per heavy atom. The highest BCUT2D eigenvalue weighted by Gasteiger charge is 2.37. The zero-order valence-corrected chi connectivity index (χ0v) is 18.2. The molecule has 0 spiro atoms. The van der Waals surface area contributed by atoms with E-state index in [9.17, 15) is 8.78 Å². The molecule has 30 heavy (non-hydrogen) atoms. The van der Waals surface area contributed by atoms with Gasteiger partial charge in [-0.05, 0) is 49.6 Å². The number of rotatable bonds is 6. The molecule has 5 heteroatoms. The van der Waals surface area contributed by atoms with Crippen LogP contribution < -0.4 is 5.32 Å². The maximum Gasteiger partial charge on any atom is 0.131 e. The van der Waals surface area contributed by atoms with Crippen LogP contribution in [0.15, 0.2) is 36.4 Å². The third-order valence-corrected chi connectivity index (χ3v) is 6.94. The lowest BCUT2D eigenvalue weighted by atomic mass is 9.87. The Balaban J connectivity index is 1.48. The Morgan fingerprint density at radius 2 is 1.70 bits per heavy atom. The van der Waals surface area contributed by atoms with Gasteiger partial charge in [-0.25, -0.2) is 8.78 Å². The summed E-state index contributed by atoms with van der Waals surface area (Å²) in [6, 6.07) is 10.7. The highest BCUT2D eigenvalue weighted by Crippen LogP contribution is 2.40. The second-order valence-electron chi connectivity index (χ2n) is 9.11. The summed E-state index contributed by atoms with van der Waals surface area (Å²) in [6.45, 7) is 8.28. The molecule has 2 aromatic rings. The van der Waals surface area contributed by atoms with Gasteiger partial charge in [-0.1, -0.05) is 37.1 Å². The monoisotopic (exact) mass is 413 g/mol. The number of piperazine rings is 1. The Hall–Kier alpha value is -1.82. The predicted molar refractivity (Wildman–Crippen MR) is 117 cm³/mol. The molecule has 1 heterocycles. The summed E-state index contributed by atoms with van der Waals surface area (Å²) in [6.07, 6.45) is 3.89. The average Bonchev–Trinajstić information content (AvgIpc) is 3.20. The van der Waals surface area contributed by atoms with E-state index in [2.05, 4.69) is 47.3 Å². The standard InChI is InChI=1S/C25H33F2N3/c1-19-5-6-20(15-21(19)18-30-13-11-29(2)12-14-30)17-28-25(9-3-4-10-25)23-8-7-22(26)16-24(23)27/h5-8,15-16,28H,3-4,9-14,17-18H2,1-2H3. The van der Waals surface area contributed by atoms with E-state index >= 15 is 0 Å². The predicted octanol–water partition coefficient (Wildman–Crippen LogP) is 4.58. The van der Waals surface area contributed by atoms with Crippen LogP contribution in [-0.2, 0) is 18.6 Å². The molecule has 0 radical (unpaired) electrons. The zero-order valence-electron chi connectivity index (χ0n) is 18.2. The van der Waals surface area contributed by atoms with Gasteiger partial charge in [0.25, 0.3) is 0 Å². The van der Waals surface area contributed by atoms with Crippen LogP contribution in [0, 0.1) is 18.6 Å². The summed E-state index contributed by atoms with van der Waals surface area (Å²) >= 11 is 0. The van der Waals surface area contributed by atoms with Gasteiger partial charge in [-0.3, -0.25) is 4.90 Å². The van der Waals surface area contributed by atoms with Gasteiger partial charge in [0.05, 0.1) is 0 Å². The van der Waals surface area contributed by atoms with Crippen molar-refractivity contribution < 1.29 is 8.78 Å². The Kier molecular flexibility index (Phi) is 6.51. The van der Waals surface area contributed by atoms with Crippen LogP contribution >= 0.6 is 0 Å². The molecule has 2 aromatic carbocycles. The molecule has 1 saturated heterocycles. The van der Waals surface area contributed by atoms with Crippen molar-refractivity contribution in [1.29, 1.82) is 0 Å². The number of nitrogens with one attached hydrogen (secondary N) is 1. The van der Waals surface area contributed by atoms with Gasteiger partial charge in [0.1, 0.15) is 11.6 Å². The van der Waals surface area contributed by atoms with Crippen LogP contribution in [0.1, 0.15) is 47.9 Å². The maximum atomic E-state index is 14.6. The van der Waals surface area contributed by atoms with Crippen LogP contribution in [0.4, 0.5) is 8.78 Å². The van der Waals surface area contributed by atoms with Crippen molar-refractivity contribution in [2.24, 2.45) is 0 Å². The molecule has 2 fully saturated rings. The van der Waals surface area contributed by atoms with Crippen LogP contribution in [0.5, 0.6) is 0 Å². The van der Waals surface area contributed by atoms with E-state index in [-0.39, 0.29) is 0 Å². The lowest BCUT2D eigenvalue weighted by molar-refractivity contribution is 0.148. The van der Waals surface area contributed by atoms with Crippen LogP contribution in [0.2, 0.25) is 0 Å². The molecule has 0 atom stereocenters.